The summed E-state index contributed by atoms with van der Waals surface area (Å²) in [6, 6.07) is 14.6. The highest BCUT2D eigenvalue weighted by molar-refractivity contribution is 7.18. The molecule has 0 radical (unpaired) electrons. The van der Waals surface area contributed by atoms with Crippen LogP contribution in [0.3, 0.4) is 0 Å². The number of amidine groups is 1. The number of carbonyl (C=O) groups is 2. The zero-order valence-corrected chi connectivity index (χ0v) is 23.1. The average molecular weight is 552 g/mol. The molecule has 0 aliphatic carbocycles. The van der Waals surface area contributed by atoms with Crippen LogP contribution in [0.1, 0.15) is 39.4 Å². The number of halogens is 1. The van der Waals surface area contributed by atoms with Gasteiger partial charge in [0.25, 0.3) is 11.8 Å². The van der Waals surface area contributed by atoms with Gasteiger partial charge >= 0.3 is 0 Å². The van der Waals surface area contributed by atoms with Crippen molar-refractivity contribution in [1.29, 1.82) is 5.41 Å². The summed E-state index contributed by atoms with van der Waals surface area (Å²) in [6.07, 6.45) is 0. The van der Waals surface area contributed by atoms with Gasteiger partial charge in [0.15, 0.2) is 0 Å². The molecule has 2 aromatic carbocycles. The number of hydrazine groups is 1. The molecule has 1 saturated heterocycles. The van der Waals surface area contributed by atoms with Crippen LogP contribution in [0.4, 0.5) is 20.8 Å². The second kappa shape index (κ2) is 12.3. The highest BCUT2D eigenvalue weighted by Crippen LogP contribution is 2.26. The number of anilines is 3. The van der Waals surface area contributed by atoms with Crippen molar-refractivity contribution in [3.63, 3.8) is 0 Å². The van der Waals surface area contributed by atoms with Gasteiger partial charge in [-0.1, -0.05) is 13.8 Å². The van der Waals surface area contributed by atoms with Crippen molar-refractivity contribution < 1.29 is 14.0 Å². The first-order valence-corrected chi connectivity index (χ1v) is 13.6. The summed E-state index contributed by atoms with van der Waals surface area (Å²) < 4.78 is 13.4. The average Bonchev–Trinajstić information content (AvgIpc) is 3.31. The van der Waals surface area contributed by atoms with E-state index in [-0.39, 0.29) is 33.0 Å². The van der Waals surface area contributed by atoms with Gasteiger partial charge in [0.1, 0.15) is 11.7 Å². The van der Waals surface area contributed by atoms with Gasteiger partial charge < -0.3 is 20.9 Å². The maximum absolute atomic E-state index is 13.4. The van der Waals surface area contributed by atoms with E-state index in [1.165, 1.54) is 18.2 Å². The molecular weight excluding hydrogens is 517 g/mol. The molecule has 1 aliphatic rings. The molecule has 39 heavy (non-hydrogen) atoms. The third kappa shape index (κ3) is 7.12. The van der Waals surface area contributed by atoms with Gasteiger partial charge in [0.05, 0.1) is 21.1 Å². The molecule has 0 saturated carbocycles. The van der Waals surface area contributed by atoms with Crippen molar-refractivity contribution in [2.24, 2.45) is 5.92 Å². The van der Waals surface area contributed by atoms with Gasteiger partial charge in [-0.2, -0.15) is 0 Å². The van der Waals surface area contributed by atoms with Crippen LogP contribution < -0.4 is 26.4 Å². The van der Waals surface area contributed by atoms with E-state index in [0.717, 1.165) is 43.2 Å². The molecule has 2 amide bonds. The molecule has 5 N–H and O–H groups in total. The Morgan fingerprint density at radius 1 is 1.05 bits per heavy atom. The summed E-state index contributed by atoms with van der Waals surface area (Å²) in [5.41, 5.74) is 11.4. The lowest BCUT2D eigenvalue weighted by atomic mass is 10.1. The Bertz CT molecular complexity index is 1320. The Balaban J connectivity index is 1.40. The first-order chi connectivity index (χ1) is 18.6. The summed E-state index contributed by atoms with van der Waals surface area (Å²) in [6.45, 7) is 8.36. The van der Waals surface area contributed by atoms with Crippen LogP contribution in [-0.2, 0) is 0 Å². The third-order valence-electron chi connectivity index (χ3n) is 6.41. The van der Waals surface area contributed by atoms with Crippen molar-refractivity contribution in [3.8, 4) is 0 Å². The second-order valence-corrected chi connectivity index (χ2v) is 11.1. The molecule has 0 spiro atoms. The van der Waals surface area contributed by atoms with Crippen LogP contribution >= 0.6 is 11.3 Å². The summed E-state index contributed by atoms with van der Waals surface area (Å²) in [4.78, 5) is 30.7. The summed E-state index contributed by atoms with van der Waals surface area (Å²) in [5, 5.41) is 12.9. The number of amides is 2. The predicted molar refractivity (Wildman–Crippen MR) is 155 cm³/mol. The number of benzene rings is 2. The summed E-state index contributed by atoms with van der Waals surface area (Å²) >= 11 is 1.03. The minimum atomic E-state index is -0.430. The van der Waals surface area contributed by atoms with Crippen molar-refractivity contribution >= 4 is 45.4 Å². The lowest BCUT2D eigenvalue weighted by Crippen LogP contribution is -2.44. The fourth-order valence-corrected chi connectivity index (χ4v) is 5.06. The SMILES string of the molecule is CC(C)CN(NC(=O)c1cc(C(=N)NC(=O)c2ccc(N3CCN(C)CC3)cc2)c(N)s1)c1ccc(F)cc1. The van der Waals surface area contributed by atoms with Gasteiger partial charge in [-0.05, 0) is 67.6 Å². The molecule has 9 nitrogen and oxygen atoms in total. The van der Waals surface area contributed by atoms with E-state index in [1.807, 2.05) is 26.0 Å². The van der Waals surface area contributed by atoms with Crippen LogP contribution in [0, 0.1) is 17.1 Å². The first kappa shape index (κ1) is 28.1. The highest BCUT2D eigenvalue weighted by Gasteiger charge is 2.21. The van der Waals surface area contributed by atoms with Crippen LogP contribution in [0.25, 0.3) is 0 Å². The van der Waals surface area contributed by atoms with Crippen molar-refractivity contribution in [2.45, 2.75) is 13.8 Å². The molecule has 0 atom stereocenters. The Labute approximate surface area is 231 Å². The Kier molecular flexibility index (Phi) is 8.82. The molecule has 2 heterocycles. The van der Waals surface area contributed by atoms with Crippen LogP contribution in [-0.4, -0.2) is 62.3 Å². The molecule has 0 unspecified atom stereocenters. The van der Waals surface area contributed by atoms with Crippen LogP contribution in [0.2, 0.25) is 0 Å². The summed E-state index contributed by atoms with van der Waals surface area (Å²) in [7, 11) is 2.10. The van der Waals surface area contributed by atoms with E-state index < -0.39 is 11.8 Å². The highest BCUT2D eigenvalue weighted by atomic mass is 32.1. The van der Waals surface area contributed by atoms with E-state index in [2.05, 4.69) is 27.6 Å². The minimum Gasteiger partial charge on any atom is -0.390 e. The quantitative estimate of drug-likeness (QED) is 0.192. The number of nitrogens with two attached hydrogens (primary N) is 1. The fraction of sp³-hybridized carbons (Fsp3) is 0.321. The topological polar surface area (TPSA) is 118 Å². The minimum absolute atomic E-state index is 0.187. The van der Waals surface area contributed by atoms with E-state index in [4.69, 9.17) is 11.1 Å². The number of nitrogens with zero attached hydrogens (tertiary/aromatic N) is 3. The van der Waals surface area contributed by atoms with Gasteiger partial charge in [-0.25, -0.2) is 4.39 Å². The molecule has 1 fully saturated rings. The largest absolute Gasteiger partial charge is 0.390 e. The third-order valence-corrected chi connectivity index (χ3v) is 7.38. The number of nitrogens with one attached hydrogen (secondary N) is 3. The zero-order chi connectivity index (χ0) is 28.1. The maximum atomic E-state index is 13.4. The predicted octanol–water partition coefficient (Wildman–Crippen LogP) is 3.78. The van der Waals surface area contributed by atoms with E-state index in [1.54, 1.807) is 29.3 Å². The molecule has 0 bridgehead atoms. The number of piperazine rings is 1. The Morgan fingerprint density at radius 2 is 1.69 bits per heavy atom. The van der Waals surface area contributed by atoms with E-state index in [9.17, 15) is 14.0 Å². The lowest BCUT2D eigenvalue weighted by molar-refractivity contribution is 0.0949. The molecular formula is C28H34FN7O2S. The van der Waals surface area contributed by atoms with Gasteiger partial charge in [-0.3, -0.25) is 25.4 Å². The van der Waals surface area contributed by atoms with E-state index in [0.29, 0.717) is 17.8 Å². The fourth-order valence-electron chi connectivity index (χ4n) is 4.23. The van der Waals surface area contributed by atoms with Gasteiger partial charge in [0, 0.05) is 44.0 Å². The normalized spacial score (nSPS) is 13.8. The smallest absolute Gasteiger partial charge is 0.279 e. The Hall–Kier alpha value is -3.96. The number of likely N-dealkylation sites (N-methyl/N-ethyl adjacent to an activating group) is 1. The number of nitrogen functional groups attached to an aromatic ring is 1. The van der Waals surface area contributed by atoms with Crippen molar-refractivity contribution in [1.82, 2.24) is 15.6 Å². The maximum Gasteiger partial charge on any atom is 0.279 e. The number of rotatable bonds is 8. The first-order valence-electron chi connectivity index (χ1n) is 12.8. The zero-order valence-electron chi connectivity index (χ0n) is 22.3. The van der Waals surface area contributed by atoms with Crippen LogP contribution in [0.15, 0.2) is 54.6 Å². The molecule has 11 heteroatoms. The second-order valence-electron chi connectivity index (χ2n) is 9.98. The molecule has 1 aromatic heterocycles. The van der Waals surface area contributed by atoms with Crippen molar-refractivity contribution in [2.75, 3.05) is 55.4 Å². The lowest BCUT2D eigenvalue weighted by Gasteiger charge is -2.34. The standard InChI is InChI=1S/C28H34FN7O2S/c1-18(2)17-36(22-10-6-20(29)7-11-22)33-28(38)24-16-23(26(31)39-24)25(30)32-27(37)19-4-8-21(9-5-19)35-14-12-34(3)13-15-35/h4-11,16,18H,12-15,17,31H2,1-3H3,(H,33,38)(H2,30,32,37). The van der Waals surface area contributed by atoms with Gasteiger partial charge in [-0.15, -0.1) is 11.3 Å². The summed E-state index contributed by atoms with van der Waals surface area (Å²) in [5.74, 6) is -1.17. The number of hydrogen-bond acceptors (Lipinski definition) is 8. The molecule has 206 valence electrons. The number of thiophene rings is 1. The molecule has 1 aliphatic heterocycles. The Morgan fingerprint density at radius 3 is 2.31 bits per heavy atom. The molecule has 4 rings (SSSR count). The number of hydrogen-bond donors (Lipinski definition) is 4. The van der Waals surface area contributed by atoms with E-state index >= 15 is 0 Å². The van der Waals surface area contributed by atoms with Crippen molar-refractivity contribution in [3.05, 3.63) is 76.4 Å². The molecule has 3 aromatic rings. The van der Waals surface area contributed by atoms with Crippen LogP contribution in [0.5, 0.6) is 0 Å². The number of carbonyl (C=O) groups excluding carboxylic acids is 2. The van der Waals surface area contributed by atoms with Gasteiger partial charge in [0.2, 0.25) is 0 Å². The monoisotopic (exact) mass is 551 g/mol.